The fourth-order valence-electron chi connectivity index (χ4n) is 1.68. The van der Waals surface area contributed by atoms with Crippen LogP contribution in [-0.4, -0.2) is 55.2 Å². The number of likely N-dealkylation sites (N-methyl/N-ethyl adjacent to an activating group) is 1. The van der Waals surface area contributed by atoms with Crippen LogP contribution in [0.5, 0.6) is 0 Å². The lowest BCUT2D eigenvalue weighted by Gasteiger charge is -2.31. The Balaban J connectivity index is 2.68. The van der Waals surface area contributed by atoms with Crippen LogP contribution in [-0.2, 0) is 5.60 Å². The zero-order valence-corrected chi connectivity index (χ0v) is 15.4. The van der Waals surface area contributed by atoms with Gasteiger partial charge in [0.05, 0.1) is 13.1 Å². The highest BCUT2D eigenvalue weighted by molar-refractivity contribution is 7.10. The van der Waals surface area contributed by atoms with Crippen molar-refractivity contribution in [2.24, 2.45) is 4.99 Å². The molecule has 1 aromatic rings. The molecule has 1 aromatic heterocycles. The molecule has 1 rings (SSSR count). The molecule has 126 valence electrons. The Labute approximate surface area is 138 Å². The lowest BCUT2D eigenvalue weighted by molar-refractivity contribution is 0.0655. The molecule has 5 nitrogen and oxygen atoms in total. The Kier molecular flexibility index (Phi) is 6.84. The lowest BCUT2D eigenvalue weighted by Crippen LogP contribution is -2.46. The van der Waals surface area contributed by atoms with E-state index in [2.05, 4.69) is 48.5 Å². The maximum absolute atomic E-state index is 10.6. The van der Waals surface area contributed by atoms with Gasteiger partial charge in [0.2, 0.25) is 0 Å². The first kappa shape index (κ1) is 18.9. The number of nitrogens with one attached hydrogen (secondary N) is 2. The summed E-state index contributed by atoms with van der Waals surface area (Å²) >= 11 is 1.56. The highest BCUT2D eigenvalue weighted by atomic mass is 32.1. The van der Waals surface area contributed by atoms with Gasteiger partial charge in [-0.25, -0.2) is 0 Å². The summed E-state index contributed by atoms with van der Waals surface area (Å²) in [5.74, 6) is 0.731. The Morgan fingerprint density at radius 2 is 2.00 bits per heavy atom. The Bertz CT molecular complexity index is 467. The van der Waals surface area contributed by atoms with Crippen molar-refractivity contribution in [3.8, 4) is 0 Å². The average Bonchev–Trinajstić information content (AvgIpc) is 2.96. The lowest BCUT2D eigenvalue weighted by atomic mass is 10.1. The molecule has 0 aliphatic rings. The molecule has 0 saturated carbocycles. The quantitative estimate of drug-likeness (QED) is 0.529. The van der Waals surface area contributed by atoms with Gasteiger partial charge in [0, 0.05) is 17.0 Å². The number of aliphatic imine (C=N–C) groups is 1. The van der Waals surface area contributed by atoms with Gasteiger partial charge in [0.15, 0.2) is 5.96 Å². The van der Waals surface area contributed by atoms with Crippen LogP contribution in [0.3, 0.4) is 0 Å². The van der Waals surface area contributed by atoms with E-state index in [-0.39, 0.29) is 5.54 Å². The molecule has 0 aliphatic heterocycles. The molecule has 0 aliphatic carbocycles. The van der Waals surface area contributed by atoms with E-state index in [1.54, 1.807) is 11.3 Å². The van der Waals surface area contributed by atoms with Gasteiger partial charge in [0.1, 0.15) is 5.60 Å². The van der Waals surface area contributed by atoms with Gasteiger partial charge in [0.25, 0.3) is 0 Å². The van der Waals surface area contributed by atoms with Gasteiger partial charge in [-0.2, -0.15) is 0 Å². The van der Waals surface area contributed by atoms with Gasteiger partial charge >= 0.3 is 0 Å². The van der Waals surface area contributed by atoms with Crippen molar-refractivity contribution >= 4 is 17.3 Å². The third-order valence-corrected chi connectivity index (χ3v) is 4.95. The summed E-state index contributed by atoms with van der Waals surface area (Å²) in [6, 6.07) is 3.90. The van der Waals surface area contributed by atoms with Crippen LogP contribution in [0.2, 0.25) is 0 Å². The molecule has 0 radical (unpaired) electrons. The zero-order valence-electron chi connectivity index (χ0n) is 14.6. The number of aliphatic hydroxyl groups is 1. The summed E-state index contributed by atoms with van der Waals surface area (Å²) in [5, 5.41) is 19.0. The molecule has 6 heteroatoms. The predicted molar refractivity (Wildman–Crippen MR) is 95.6 cm³/mol. The van der Waals surface area contributed by atoms with Crippen LogP contribution in [0.25, 0.3) is 0 Å². The van der Waals surface area contributed by atoms with Crippen LogP contribution in [0.1, 0.15) is 32.6 Å². The topological polar surface area (TPSA) is 59.9 Å². The number of hydrogen-bond acceptors (Lipinski definition) is 4. The molecule has 0 spiro atoms. The van der Waals surface area contributed by atoms with Crippen molar-refractivity contribution in [3.05, 3.63) is 22.4 Å². The van der Waals surface area contributed by atoms with Gasteiger partial charge in [-0.3, -0.25) is 4.99 Å². The summed E-state index contributed by atoms with van der Waals surface area (Å²) in [5.41, 5.74) is -0.917. The molecule has 0 amide bonds. The number of guanidine groups is 1. The fourth-order valence-corrected chi connectivity index (χ4v) is 2.47. The SMILES string of the molecule is CCNC(=NCC(C)(C)N(C)C)NCC(C)(O)c1cccs1. The predicted octanol–water partition coefficient (Wildman–Crippen LogP) is 1.85. The normalized spacial score (nSPS) is 15.7. The van der Waals surface area contributed by atoms with Crippen molar-refractivity contribution < 1.29 is 5.11 Å². The van der Waals surface area contributed by atoms with Crippen LogP contribution >= 0.6 is 11.3 Å². The molecule has 1 heterocycles. The molecule has 22 heavy (non-hydrogen) atoms. The first-order valence-electron chi connectivity index (χ1n) is 7.65. The second-order valence-corrected chi connectivity index (χ2v) is 7.45. The van der Waals surface area contributed by atoms with Gasteiger partial charge in [-0.15, -0.1) is 11.3 Å². The van der Waals surface area contributed by atoms with Crippen molar-refractivity contribution in [1.82, 2.24) is 15.5 Å². The number of thiophene rings is 1. The summed E-state index contributed by atoms with van der Waals surface area (Å²) in [6.45, 7) is 10.0. The third kappa shape index (κ3) is 5.59. The summed E-state index contributed by atoms with van der Waals surface area (Å²) in [6.07, 6.45) is 0. The maximum atomic E-state index is 10.6. The minimum absolute atomic E-state index is 0.0153. The van der Waals surface area contributed by atoms with E-state index < -0.39 is 5.60 Å². The fraction of sp³-hybridized carbons (Fsp3) is 0.688. The van der Waals surface area contributed by atoms with Crippen molar-refractivity contribution in [2.45, 2.75) is 38.8 Å². The molecular weight excluding hydrogens is 296 g/mol. The summed E-state index contributed by atoms with van der Waals surface area (Å²) in [7, 11) is 4.11. The van der Waals surface area contributed by atoms with E-state index in [0.717, 1.165) is 17.4 Å². The van der Waals surface area contributed by atoms with E-state index in [0.29, 0.717) is 13.1 Å². The molecule has 1 unspecified atom stereocenters. The third-order valence-electron chi connectivity index (χ3n) is 3.83. The van der Waals surface area contributed by atoms with Crippen LogP contribution in [0, 0.1) is 0 Å². The van der Waals surface area contributed by atoms with Gasteiger partial charge < -0.3 is 20.6 Å². The minimum atomic E-state index is -0.901. The molecule has 0 fully saturated rings. The monoisotopic (exact) mass is 326 g/mol. The second-order valence-electron chi connectivity index (χ2n) is 6.51. The number of nitrogens with zero attached hydrogens (tertiary/aromatic N) is 2. The van der Waals surface area contributed by atoms with Crippen LogP contribution in [0.4, 0.5) is 0 Å². The molecular formula is C16H30N4OS. The standard InChI is InChI=1S/C16H30N4OS/c1-7-17-14(18-11-15(2,3)20(5)6)19-12-16(4,21)13-9-8-10-22-13/h8-10,21H,7,11-12H2,1-6H3,(H2,17,18,19). The number of hydrogen-bond donors (Lipinski definition) is 3. The van der Waals surface area contributed by atoms with E-state index in [1.807, 2.05) is 31.4 Å². The highest BCUT2D eigenvalue weighted by Crippen LogP contribution is 2.24. The van der Waals surface area contributed by atoms with E-state index in [9.17, 15) is 5.11 Å². The maximum Gasteiger partial charge on any atom is 0.191 e. The number of rotatable bonds is 7. The van der Waals surface area contributed by atoms with Crippen LogP contribution in [0.15, 0.2) is 22.5 Å². The average molecular weight is 327 g/mol. The van der Waals surface area contributed by atoms with E-state index in [4.69, 9.17) is 0 Å². The van der Waals surface area contributed by atoms with E-state index in [1.165, 1.54) is 0 Å². The summed E-state index contributed by atoms with van der Waals surface area (Å²) < 4.78 is 0. The first-order valence-corrected chi connectivity index (χ1v) is 8.53. The zero-order chi connectivity index (χ0) is 16.8. The molecule has 0 bridgehead atoms. The molecule has 1 atom stereocenters. The first-order chi connectivity index (χ1) is 10.2. The van der Waals surface area contributed by atoms with Crippen LogP contribution < -0.4 is 10.6 Å². The highest BCUT2D eigenvalue weighted by Gasteiger charge is 2.25. The van der Waals surface area contributed by atoms with Crippen molar-refractivity contribution in [3.63, 3.8) is 0 Å². The van der Waals surface area contributed by atoms with Gasteiger partial charge in [-0.1, -0.05) is 6.07 Å². The Hall–Kier alpha value is -1.11. The largest absolute Gasteiger partial charge is 0.383 e. The minimum Gasteiger partial charge on any atom is -0.383 e. The van der Waals surface area contributed by atoms with E-state index >= 15 is 0 Å². The Morgan fingerprint density at radius 3 is 2.50 bits per heavy atom. The molecule has 0 aromatic carbocycles. The smallest absolute Gasteiger partial charge is 0.191 e. The van der Waals surface area contributed by atoms with Crippen molar-refractivity contribution in [2.75, 3.05) is 33.7 Å². The van der Waals surface area contributed by atoms with Crippen molar-refractivity contribution in [1.29, 1.82) is 0 Å². The summed E-state index contributed by atoms with van der Waals surface area (Å²) in [4.78, 5) is 7.74. The molecule has 0 saturated heterocycles. The second kappa shape index (κ2) is 7.94. The Morgan fingerprint density at radius 1 is 1.32 bits per heavy atom. The molecule has 3 N–H and O–H groups in total. The van der Waals surface area contributed by atoms with Gasteiger partial charge in [-0.05, 0) is 53.2 Å².